The molecule has 1 N–H and O–H groups in total. The van der Waals surface area contributed by atoms with E-state index in [0.717, 1.165) is 22.5 Å². The molecule has 4 aromatic rings. The number of aromatic nitrogens is 3. The number of aryl methyl sites for hydroxylation is 1. The van der Waals surface area contributed by atoms with E-state index in [1.807, 2.05) is 29.7 Å². The molecule has 10 heteroatoms. The third kappa shape index (κ3) is 5.23. The van der Waals surface area contributed by atoms with E-state index in [0.29, 0.717) is 32.5 Å². The number of carbonyl (C=O) groups is 1. The van der Waals surface area contributed by atoms with Crippen LogP contribution in [0.1, 0.15) is 11.8 Å². The van der Waals surface area contributed by atoms with E-state index in [4.69, 9.17) is 34.8 Å². The number of hydrogen-bond donors (Lipinski definition) is 1. The summed E-state index contributed by atoms with van der Waals surface area (Å²) < 4.78 is 2.03. The second kappa shape index (κ2) is 10.5. The number of thiophene rings is 1. The lowest BCUT2D eigenvalue weighted by Crippen LogP contribution is -2.15. The van der Waals surface area contributed by atoms with Crippen LogP contribution in [0.2, 0.25) is 15.1 Å². The van der Waals surface area contributed by atoms with Crippen molar-refractivity contribution in [3.63, 3.8) is 0 Å². The van der Waals surface area contributed by atoms with E-state index in [2.05, 4.69) is 40.0 Å². The van der Waals surface area contributed by atoms with Gasteiger partial charge in [0, 0.05) is 27.9 Å². The van der Waals surface area contributed by atoms with Crippen LogP contribution in [0.3, 0.4) is 0 Å². The Bertz CT molecular complexity index is 1300. The SMILES string of the molecule is CCn1c(SCC(=O)Nc2cc(Cl)c(Cl)cc2Cl)nnc1-c1csc(C)c1-c1ccccc1. The summed E-state index contributed by atoms with van der Waals surface area (Å²) in [6, 6.07) is 13.3. The Kier molecular flexibility index (Phi) is 7.66. The Morgan fingerprint density at radius 3 is 2.55 bits per heavy atom. The van der Waals surface area contributed by atoms with Crippen LogP contribution in [0.15, 0.2) is 53.0 Å². The van der Waals surface area contributed by atoms with Crippen LogP contribution < -0.4 is 5.32 Å². The number of hydrogen-bond acceptors (Lipinski definition) is 5. The fraction of sp³-hybridized carbons (Fsp3) is 0.174. The maximum Gasteiger partial charge on any atom is 0.234 e. The van der Waals surface area contributed by atoms with Gasteiger partial charge >= 0.3 is 0 Å². The lowest BCUT2D eigenvalue weighted by molar-refractivity contribution is -0.113. The van der Waals surface area contributed by atoms with Crippen LogP contribution in [-0.4, -0.2) is 26.4 Å². The molecule has 5 nitrogen and oxygen atoms in total. The van der Waals surface area contributed by atoms with E-state index in [1.54, 1.807) is 11.3 Å². The number of nitrogens with one attached hydrogen (secondary N) is 1. The van der Waals surface area contributed by atoms with Gasteiger partial charge in [0.25, 0.3) is 0 Å². The topological polar surface area (TPSA) is 59.8 Å². The van der Waals surface area contributed by atoms with Crippen LogP contribution in [0.5, 0.6) is 0 Å². The molecule has 0 bridgehead atoms. The highest BCUT2D eigenvalue weighted by atomic mass is 35.5. The van der Waals surface area contributed by atoms with Gasteiger partial charge in [0.05, 0.1) is 26.5 Å². The standard InChI is InChI=1S/C23H19Cl3N4OS2/c1-3-30-22(15-11-32-13(2)21(15)14-7-5-4-6-8-14)28-29-23(30)33-12-20(31)27-19-10-17(25)16(24)9-18(19)26/h4-11H,3,12H2,1-2H3,(H,27,31). The van der Waals surface area contributed by atoms with Gasteiger partial charge in [0.1, 0.15) is 0 Å². The minimum Gasteiger partial charge on any atom is -0.324 e. The predicted molar refractivity (Wildman–Crippen MR) is 140 cm³/mol. The minimum atomic E-state index is -0.233. The highest BCUT2D eigenvalue weighted by Crippen LogP contribution is 2.39. The maximum atomic E-state index is 12.5. The van der Waals surface area contributed by atoms with Crippen LogP contribution >= 0.6 is 57.9 Å². The molecule has 0 unspecified atom stereocenters. The smallest absolute Gasteiger partial charge is 0.234 e. The van der Waals surface area contributed by atoms with Crippen molar-refractivity contribution in [3.8, 4) is 22.5 Å². The molecule has 0 aliphatic carbocycles. The molecule has 2 aromatic carbocycles. The zero-order valence-electron chi connectivity index (χ0n) is 17.7. The first-order valence-corrected chi connectivity index (χ1v) is 13.0. The van der Waals surface area contributed by atoms with Crippen molar-refractivity contribution < 1.29 is 4.79 Å². The summed E-state index contributed by atoms with van der Waals surface area (Å²) in [4.78, 5) is 13.7. The van der Waals surface area contributed by atoms with Crippen LogP contribution in [0, 0.1) is 6.92 Å². The average Bonchev–Trinajstić information content (AvgIpc) is 3.39. The number of anilines is 1. The number of rotatable bonds is 7. The van der Waals surface area contributed by atoms with Crippen LogP contribution in [-0.2, 0) is 11.3 Å². The molecule has 0 fully saturated rings. The van der Waals surface area contributed by atoms with Gasteiger partial charge in [-0.25, -0.2) is 0 Å². The first-order valence-electron chi connectivity index (χ1n) is 10.0. The Morgan fingerprint density at radius 1 is 1.09 bits per heavy atom. The molecule has 0 saturated carbocycles. The summed E-state index contributed by atoms with van der Waals surface area (Å²) in [7, 11) is 0. The predicted octanol–water partition coefficient (Wildman–Crippen LogP) is 7.69. The van der Waals surface area contributed by atoms with Crippen LogP contribution in [0.25, 0.3) is 22.5 Å². The monoisotopic (exact) mass is 536 g/mol. The number of nitrogens with zero attached hydrogens (tertiary/aromatic N) is 3. The molecule has 4 rings (SSSR count). The first-order chi connectivity index (χ1) is 15.9. The van der Waals surface area contributed by atoms with Gasteiger partial charge in [-0.2, -0.15) is 0 Å². The highest BCUT2D eigenvalue weighted by Gasteiger charge is 2.20. The summed E-state index contributed by atoms with van der Waals surface area (Å²) in [5, 5.41) is 15.4. The number of benzene rings is 2. The molecule has 0 atom stereocenters. The molecule has 2 heterocycles. The fourth-order valence-electron chi connectivity index (χ4n) is 3.40. The van der Waals surface area contributed by atoms with E-state index in [9.17, 15) is 4.79 Å². The number of halogens is 3. The first kappa shape index (κ1) is 24.1. The van der Waals surface area contributed by atoms with Crippen molar-refractivity contribution in [1.82, 2.24) is 14.8 Å². The molecule has 1 amide bonds. The molecule has 0 saturated heterocycles. The zero-order chi connectivity index (χ0) is 23.5. The molecule has 0 spiro atoms. The lowest BCUT2D eigenvalue weighted by atomic mass is 10.0. The fourth-order valence-corrected chi connectivity index (χ4v) is 5.66. The van der Waals surface area contributed by atoms with Gasteiger partial charge in [-0.15, -0.1) is 21.5 Å². The van der Waals surface area contributed by atoms with E-state index in [-0.39, 0.29) is 11.7 Å². The van der Waals surface area contributed by atoms with E-state index < -0.39 is 0 Å². The largest absolute Gasteiger partial charge is 0.324 e. The molecular weight excluding hydrogens is 519 g/mol. The van der Waals surface area contributed by atoms with Gasteiger partial charge in [0.2, 0.25) is 5.91 Å². The van der Waals surface area contributed by atoms with Crippen molar-refractivity contribution in [2.45, 2.75) is 25.5 Å². The highest BCUT2D eigenvalue weighted by molar-refractivity contribution is 7.99. The van der Waals surface area contributed by atoms with Gasteiger partial charge in [-0.05, 0) is 31.5 Å². The number of carbonyl (C=O) groups excluding carboxylic acids is 1. The molecule has 0 aliphatic heterocycles. The molecule has 170 valence electrons. The molecule has 33 heavy (non-hydrogen) atoms. The summed E-state index contributed by atoms with van der Waals surface area (Å²) in [5.41, 5.74) is 3.75. The number of thioether (sulfide) groups is 1. The Labute approximate surface area is 215 Å². The Hall–Kier alpha value is -2.03. The second-order valence-electron chi connectivity index (χ2n) is 7.08. The normalized spacial score (nSPS) is 11.1. The summed E-state index contributed by atoms with van der Waals surface area (Å²) in [5.74, 6) is 0.697. The number of amides is 1. The van der Waals surface area contributed by atoms with E-state index >= 15 is 0 Å². The van der Waals surface area contributed by atoms with Crippen LogP contribution in [0.4, 0.5) is 5.69 Å². The van der Waals surface area contributed by atoms with Gasteiger partial charge in [-0.1, -0.05) is 76.9 Å². The third-order valence-corrected chi connectivity index (χ3v) is 7.84. The maximum absolute atomic E-state index is 12.5. The third-order valence-electron chi connectivity index (χ3n) is 4.93. The Balaban J connectivity index is 1.54. The van der Waals surface area contributed by atoms with Crippen molar-refractivity contribution in [3.05, 3.63) is 67.8 Å². The quantitative estimate of drug-likeness (QED) is 0.194. The molecule has 0 aliphatic rings. The second-order valence-corrected chi connectivity index (χ2v) is 10.3. The van der Waals surface area contributed by atoms with Crippen molar-refractivity contribution in [2.24, 2.45) is 0 Å². The summed E-state index contributed by atoms with van der Waals surface area (Å²) >= 11 is 21.1. The van der Waals surface area contributed by atoms with Crippen molar-refractivity contribution in [2.75, 3.05) is 11.1 Å². The molecule has 2 aromatic heterocycles. The molecule has 0 radical (unpaired) electrons. The Morgan fingerprint density at radius 2 is 1.82 bits per heavy atom. The summed E-state index contributed by atoms with van der Waals surface area (Å²) in [6.07, 6.45) is 0. The van der Waals surface area contributed by atoms with Gasteiger partial charge in [-0.3, -0.25) is 4.79 Å². The van der Waals surface area contributed by atoms with Crippen molar-refractivity contribution >= 4 is 69.5 Å². The van der Waals surface area contributed by atoms with Crippen molar-refractivity contribution in [1.29, 1.82) is 0 Å². The van der Waals surface area contributed by atoms with E-state index in [1.165, 1.54) is 28.8 Å². The zero-order valence-corrected chi connectivity index (χ0v) is 21.6. The average molecular weight is 538 g/mol. The minimum absolute atomic E-state index is 0.142. The van der Waals surface area contributed by atoms with Gasteiger partial charge < -0.3 is 9.88 Å². The summed E-state index contributed by atoms with van der Waals surface area (Å²) in [6.45, 7) is 4.82. The van der Waals surface area contributed by atoms with Gasteiger partial charge in [0.15, 0.2) is 11.0 Å². The lowest BCUT2D eigenvalue weighted by Gasteiger charge is -2.10. The molecular formula is C23H19Cl3N4OS2.